The van der Waals surface area contributed by atoms with E-state index in [0.29, 0.717) is 21.4 Å². The number of hydrogen-bond acceptors (Lipinski definition) is 5. The largest absolute Gasteiger partial charge is 0.355 e. The molecular weight excluding hydrogens is 549 g/mol. The molecule has 3 aromatic carbocycles. The van der Waals surface area contributed by atoms with Crippen molar-refractivity contribution in [3.63, 3.8) is 0 Å². The van der Waals surface area contributed by atoms with Gasteiger partial charge in [-0.05, 0) is 42.3 Å². The van der Waals surface area contributed by atoms with Crippen LogP contribution in [0, 0.1) is 0 Å². The van der Waals surface area contributed by atoms with Crippen molar-refractivity contribution < 1.29 is 22.8 Å². The number of sulfonamides is 1. The van der Waals surface area contributed by atoms with Crippen LogP contribution >= 0.6 is 23.2 Å². The first-order valence-electron chi connectivity index (χ1n) is 11.8. The van der Waals surface area contributed by atoms with Crippen LogP contribution in [0.15, 0.2) is 77.7 Å². The fraction of sp³-hybridized carbons (Fsp3) is 0.222. The summed E-state index contributed by atoms with van der Waals surface area (Å²) in [6.07, 6.45) is 0.157. The highest BCUT2D eigenvalue weighted by Crippen LogP contribution is 2.30. The lowest BCUT2D eigenvalue weighted by Crippen LogP contribution is -2.53. The van der Waals surface area contributed by atoms with Crippen molar-refractivity contribution in [3.8, 4) is 0 Å². The van der Waals surface area contributed by atoms with Crippen molar-refractivity contribution in [2.45, 2.75) is 30.8 Å². The summed E-state index contributed by atoms with van der Waals surface area (Å²) in [5.74, 6) is -1.95. The summed E-state index contributed by atoms with van der Waals surface area (Å²) >= 11 is 12.4. The van der Waals surface area contributed by atoms with Gasteiger partial charge in [0, 0.05) is 29.6 Å². The summed E-state index contributed by atoms with van der Waals surface area (Å²) in [6, 6.07) is 18.7. The second-order valence-corrected chi connectivity index (χ2v) is 11.3. The van der Waals surface area contributed by atoms with Gasteiger partial charge < -0.3 is 10.2 Å². The minimum Gasteiger partial charge on any atom is -0.355 e. The summed E-state index contributed by atoms with van der Waals surface area (Å²) in [6.45, 7) is 1.19. The zero-order valence-electron chi connectivity index (χ0n) is 20.4. The molecule has 0 aliphatic carbocycles. The molecule has 0 saturated heterocycles. The fourth-order valence-electron chi connectivity index (χ4n) is 4.28. The number of rotatable bonds is 9. The Hall–Kier alpha value is -3.40. The van der Waals surface area contributed by atoms with Crippen molar-refractivity contribution in [2.75, 3.05) is 13.1 Å². The molecule has 3 amide bonds. The van der Waals surface area contributed by atoms with Crippen LogP contribution in [0.5, 0.6) is 0 Å². The maximum absolute atomic E-state index is 13.8. The van der Waals surface area contributed by atoms with Crippen LogP contribution in [0.4, 0.5) is 0 Å². The first-order chi connectivity index (χ1) is 18.1. The van der Waals surface area contributed by atoms with Crippen molar-refractivity contribution in [1.82, 2.24) is 14.5 Å². The molecule has 1 N–H and O–H groups in total. The molecule has 11 heteroatoms. The molecule has 198 valence electrons. The zero-order valence-corrected chi connectivity index (χ0v) is 22.8. The lowest BCUT2D eigenvalue weighted by Gasteiger charge is -2.32. The molecule has 0 saturated carbocycles. The highest BCUT2D eigenvalue weighted by atomic mass is 35.5. The molecular formula is C27H25Cl2N3O5S. The van der Waals surface area contributed by atoms with Crippen LogP contribution in [0.2, 0.25) is 10.0 Å². The van der Waals surface area contributed by atoms with E-state index in [2.05, 4.69) is 5.32 Å². The van der Waals surface area contributed by atoms with Gasteiger partial charge in [-0.15, -0.1) is 0 Å². The van der Waals surface area contributed by atoms with Gasteiger partial charge in [0.15, 0.2) is 0 Å². The van der Waals surface area contributed by atoms with Crippen LogP contribution in [-0.2, 0) is 32.6 Å². The van der Waals surface area contributed by atoms with E-state index in [-0.39, 0.29) is 28.4 Å². The number of fused-ring (bicyclic) bond motifs is 1. The van der Waals surface area contributed by atoms with E-state index in [1.54, 1.807) is 25.1 Å². The van der Waals surface area contributed by atoms with Crippen molar-refractivity contribution in [2.24, 2.45) is 0 Å². The lowest BCUT2D eigenvalue weighted by molar-refractivity contribution is -0.141. The number of nitrogens with one attached hydrogen (secondary N) is 1. The van der Waals surface area contributed by atoms with Gasteiger partial charge in [0.1, 0.15) is 17.5 Å². The van der Waals surface area contributed by atoms with Crippen LogP contribution < -0.4 is 5.32 Å². The molecule has 1 aliphatic rings. The molecule has 3 aromatic rings. The minimum absolute atomic E-state index is 0.00263. The van der Waals surface area contributed by atoms with E-state index in [9.17, 15) is 22.8 Å². The predicted molar refractivity (Wildman–Crippen MR) is 144 cm³/mol. The summed E-state index contributed by atoms with van der Waals surface area (Å²) in [5.41, 5.74) is 1.30. The molecule has 0 fully saturated rings. The molecule has 38 heavy (non-hydrogen) atoms. The van der Waals surface area contributed by atoms with Gasteiger partial charge in [-0.2, -0.15) is 0 Å². The third-order valence-corrected chi connectivity index (χ3v) is 8.54. The summed E-state index contributed by atoms with van der Waals surface area (Å²) < 4.78 is 26.8. The average molecular weight is 574 g/mol. The van der Waals surface area contributed by atoms with Crippen LogP contribution in [0.3, 0.4) is 0 Å². The Morgan fingerprint density at radius 2 is 1.68 bits per heavy atom. The van der Waals surface area contributed by atoms with Crippen LogP contribution in [-0.4, -0.2) is 54.5 Å². The maximum atomic E-state index is 13.8. The Morgan fingerprint density at radius 1 is 1.00 bits per heavy atom. The van der Waals surface area contributed by atoms with Gasteiger partial charge >= 0.3 is 0 Å². The van der Waals surface area contributed by atoms with E-state index < -0.39 is 40.3 Å². The number of halogens is 2. The molecule has 1 aliphatic heterocycles. The Labute approximate surface area is 231 Å². The average Bonchev–Trinajstić information content (AvgIpc) is 3.08. The van der Waals surface area contributed by atoms with E-state index in [4.69, 9.17) is 23.2 Å². The number of hydrogen-bond donors (Lipinski definition) is 1. The van der Waals surface area contributed by atoms with Gasteiger partial charge in [0.2, 0.25) is 11.8 Å². The molecule has 4 rings (SSSR count). The predicted octanol–water partition coefficient (Wildman–Crippen LogP) is 3.91. The van der Waals surface area contributed by atoms with E-state index in [0.717, 1.165) is 5.56 Å². The maximum Gasteiger partial charge on any atom is 0.269 e. The van der Waals surface area contributed by atoms with E-state index in [1.165, 1.54) is 29.2 Å². The van der Waals surface area contributed by atoms with Gasteiger partial charge in [-0.1, -0.05) is 71.7 Å². The van der Waals surface area contributed by atoms with Gasteiger partial charge in [-0.3, -0.25) is 14.4 Å². The second-order valence-electron chi connectivity index (χ2n) is 8.67. The monoisotopic (exact) mass is 573 g/mol. The Kier molecular flexibility index (Phi) is 8.40. The molecule has 1 heterocycles. The highest BCUT2D eigenvalue weighted by Gasteiger charge is 2.43. The molecule has 0 bridgehead atoms. The first-order valence-corrected chi connectivity index (χ1v) is 14.0. The van der Waals surface area contributed by atoms with Gasteiger partial charge in [-0.25, -0.2) is 12.7 Å². The lowest BCUT2D eigenvalue weighted by atomic mass is 10.0. The Balaban J connectivity index is 1.73. The summed E-state index contributed by atoms with van der Waals surface area (Å²) in [4.78, 5) is 41.2. The number of amides is 3. The fourth-order valence-corrected chi connectivity index (χ4v) is 6.27. The third kappa shape index (κ3) is 5.70. The third-order valence-electron chi connectivity index (χ3n) is 6.17. The molecule has 0 radical (unpaired) electrons. The number of likely N-dealkylation sites (N-methyl/N-ethyl adjacent to an activating group) is 1. The number of nitrogens with zero attached hydrogens (tertiary/aromatic N) is 2. The number of benzene rings is 3. The van der Waals surface area contributed by atoms with Crippen molar-refractivity contribution in [3.05, 3.63) is 99.5 Å². The highest BCUT2D eigenvalue weighted by molar-refractivity contribution is 7.90. The first kappa shape index (κ1) is 27.6. The molecule has 1 atom stereocenters. The normalized spacial score (nSPS) is 14.6. The number of carbonyl (C=O) groups excluding carboxylic acids is 3. The van der Waals surface area contributed by atoms with Gasteiger partial charge in [0.25, 0.3) is 15.9 Å². The minimum atomic E-state index is -4.23. The Bertz CT molecular complexity index is 1480. The smallest absolute Gasteiger partial charge is 0.269 e. The molecule has 0 unspecified atom stereocenters. The van der Waals surface area contributed by atoms with Crippen molar-refractivity contribution >= 4 is 50.9 Å². The number of carbonyl (C=O) groups is 3. The van der Waals surface area contributed by atoms with E-state index in [1.807, 2.05) is 30.3 Å². The molecule has 0 aromatic heterocycles. The summed E-state index contributed by atoms with van der Waals surface area (Å²) in [5, 5.41) is 3.43. The van der Waals surface area contributed by atoms with Crippen molar-refractivity contribution in [1.29, 1.82) is 0 Å². The zero-order chi connectivity index (χ0) is 27.4. The van der Waals surface area contributed by atoms with Gasteiger partial charge in [0.05, 0.1) is 5.56 Å². The van der Waals surface area contributed by atoms with E-state index >= 15 is 0 Å². The second kappa shape index (κ2) is 11.6. The SMILES string of the molecule is CCNC(=O)[C@@H](Cc1ccccc1)N(Cc1ccc(Cl)cc1Cl)C(=O)CN1C(=O)c2ccccc2S1(=O)=O. The summed E-state index contributed by atoms with van der Waals surface area (Å²) in [7, 11) is -4.23. The quantitative estimate of drug-likeness (QED) is 0.418. The molecule has 0 spiro atoms. The molecule has 8 nitrogen and oxygen atoms in total. The standard InChI is InChI=1S/C27H25Cl2N3O5S/c1-2-30-26(34)23(14-18-8-4-3-5-9-18)31(16-19-12-13-20(28)15-22(19)29)25(33)17-32-27(35)21-10-6-7-11-24(21)38(32,36)37/h3-13,15,23H,2,14,16-17H2,1H3,(H,30,34)/t23-/m1/s1. The topological polar surface area (TPSA) is 104 Å². The Morgan fingerprint density at radius 3 is 2.34 bits per heavy atom. The van der Waals surface area contributed by atoms with Crippen LogP contribution in [0.1, 0.15) is 28.4 Å². The van der Waals surface area contributed by atoms with Crippen LogP contribution in [0.25, 0.3) is 0 Å².